The van der Waals surface area contributed by atoms with Gasteiger partial charge in [0.1, 0.15) is 0 Å². The van der Waals surface area contributed by atoms with Crippen LogP contribution in [-0.2, 0) is 0 Å². The van der Waals surface area contributed by atoms with Crippen molar-refractivity contribution in [1.82, 2.24) is 0 Å². The number of fused-ring (bicyclic) bond motifs is 3. The first-order valence-electron chi connectivity index (χ1n) is 5.52. The van der Waals surface area contributed by atoms with Crippen LogP contribution in [0.15, 0.2) is 48.5 Å². The first kappa shape index (κ1) is 11.1. The number of rotatable bonds is 1. The number of hydrogen-bond donors (Lipinski definition) is 1. The number of aromatic carboxylic acids is 1. The third kappa shape index (κ3) is 1.54. The predicted octanol–water partition coefficient (Wildman–Crippen LogP) is 4.34. The van der Waals surface area contributed by atoms with Crippen molar-refractivity contribution in [2.45, 2.75) is 0 Å². The molecule has 0 aliphatic carbocycles. The Morgan fingerprint density at radius 2 is 1.72 bits per heavy atom. The van der Waals surface area contributed by atoms with Gasteiger partial charge in [-0.05, 0) is 28.3 Å². The van der Waals surface area contributed by atoms with Gasteiger partial charge >= 0.3 is 5.97 Å². The number of halogens is 1. The van der Waals surface area contributed by atoms with Gasteiger partial charge in [0, 0.05) is 10.4 Å². The lowest BCUT2D eigenvalue weighted by atomic mass is 9.97. The fourth-order valence-corrected chi connectivity index (χ4v) is 2.56. The monoisotopic (exact) mass is 256 g/mol. The molecule has 0 spiro atoms. The van der Waals surface area contributed by atoms with Crippen LogP contribution in [0.5, 0.6) is 0 Å². The highest BCUT2D eigenvalue weighted by Crippen LogP contribution is 2.33. The minimum Gasteiger partial charge on any atom is -0.478 e. The van der Waals surface area contributed by atoms with Gasteiger partial charge in [-0.3, -0.25) is 0 Å². The maximum Gasteiger partial charge on any atom is 0.336 e. The van der Waals surface area contributed by atoms with Crippen LogP contribution in [0, 0.1) is 0 Å². The minimum absolute atomic E-state index is 0.245. The number of benzene rings is 3. The molecular weight excluding hydrogens is 248 g/mol. The highest BCUT2D eigenvalue weighted by Gasteiger charge is 2.13. The van der Waals surface area contributed by atoms with Crippen LogP contribution in [0.1, 0.15) is 10.4 Å². The maximum atomic E-state index is 11.4. The molecule has 0 atom stereocenters. The normalized spacial score (nSPS) is 10.9. The molecule has 0 fully saturated rings. The standard InChI is InChI=1S/C15H9ClO2/c16-13-7-3-6-11-10-5-2-1-4-9(10)8-12(14(11)13)15(17)18/h1-8H,(H,17,18). The average Bonchev–Trinajstić information content (AvgIpc) is 2.38. The second-order valence-electron chi connectivity index (χ2n) is 4.11. The lowest BCUT2D eigenvalue weighted by Crippen LogP contribution is -1.98. The van der Waals surface area contributed by atoms with Gasteiger partial charge in [0.25, 0.3) is 0 Å². The smallest absolute Gasteiger partial charge is 0.336 e. The Morgan fingerprint density at radius 3 is 2.50 bits per heavy atom. The quantitative estimate of drug-likeness (QED) is 0.658. The molecule has 0 unspecified atom stereocenters. The summed E-state index contributed by atoms with van der Waals surface area (Å²) in [5, 5.41) is 13.2. The predicted molar refractivity (Wildman–Crippen MR) is 73.4 cm³/mol. The molecule has 3 heteroatoms. The first-order valence-corrected chi connectivity index (χ1v) is 5.89. The van der Waals surface area contributed by atoms with E-state index in [1.165, 1.54) is 0 Å². The second kappa shape index (κ2) is 4.00. The van der Waals surface area contributed by atoms with Gasteiger partial charge in [-0.25, -0.2) is 4.79 Å². The van der Waals surface area contributed by atoms with Crippen molar-refractivity contribution in [2.75, 3.05) is 0 Å². The Morgan fingerprint density at radius 1 is 1.00 bits per heavy atom. The fourth-order valence-electron chi connectivity index (χ4n) is 2.29. The molecule has 1 N–H and O–H groups in total. The van der Waals surface area contributed by atoms with E-state index in [1.807, 2.05) is 36.4 Å². The third-order valence-corrected chi connectivity index (χ3v) is 3.38. The van der Waals surface area contributed by atoms with Crippen molar-refractivity contribution in [3.8, 4) is 0 Å². The Balaban J connectivity index is 2.63. The number of carboxylic acid groups (broad SMARTS) is 1. The molecule has 0 aliphatic heterocycles. The molecule has 0 aliphatic rings. The summed E-state index contributed by atoms with van der Waals surface area (Å²) in [6.45, 7) is 0. The van der Waals surface area contributed by atoms with E-state index >= 15 is 0 Å². The van der Waals surface area contributed by atoms with Gasteiger partial charge < -0.3 is 5.11 Å². The van der Waals surface area contributed by atoms with Crippen LogP contribution < -0.4 is 0 Å². The van der Waals surface area contributed by atoms with E-state index in [1.54, 1.807) is 12.1 Å². The Hall–Kier alpha value is -2.06. The largest absolute Gasteiger partial charge is 0.478 e. The van der Waals surface area contributed by atoms with Gasteiger partial charge in [-0.15, -0.1) is 0 Å². The van der Waals surface area contributed by atoms with E-state index in [4.69, 9.17) is 11.6 Å². The average molecular weight is 257 g/mol. The molecule has 18 heavy (non-hydrogen) atoms. The summed E-state index contributed by atoms with van der Waals surface area (Å²) in [6.07, 6.45) is 0. The summed E-state index contributed by atoms with van der Waals surface area (Å²) >= 11 is 6.14. The molecule has 0 aromatic heterocycles. The Kier molecular flexibility index (Phi) is 2.46. The molecule has 0 amide bonds. The molecule has 3 aromatic rings. The van der Waals surface area contributed by atoms with Crippen molar-refractivity contribution < 1.29 is 9.90 Å². The van der Waals surface area contributed by atoms with Crippen molar-refractivity contribution in [1.29, 1.82) is 0 Å². The van der Waals surface area contributed by atoms with Gasteiger partial charge in [0.15, 0.2) is 0 Å². The molecule has 0 saturated carbocycles. The zero-order valence-electron chi connectivity index (χ0n) is 9.35. The van der Waals surface area contributed by atoms with Crippen molar-refractivity contribution in [2.24, 2.45) is 0 Å². The van der Waals surface area contributed by atoms with Crippen molar-refractivity contribution >= 4 is 39.1 Å². The van der Waals surface area contributed by atoms with Crippen molar-refractivity contribution in [3.63, 3.8) is 0 Å². The summed E-state index contributed by atoms with van der Waals surface area (Å²) in [5.41, 5.74) is 0.245. The molecule has 3 rings (SSSR count). The van der Waals surface area contributed by atoms with E-state index in [0.717, 1.165) is 16.2 Å². The first-order chi connectivity index (χ1) is 8.68. The van der Waals surface area contributed by atoms with E-state index in [0.29, 0.717) is 10.4 Å². The van der Waals surface area contributed by atoms with Crippen LogP contribution in [-0.4, -0.2) is 11.1 Å². The summed E-state index contributed by atoms with van der Waals surface area (Å²) < 4.78 is 0. The van der Waals surface area contributed by atoms with Crippen molar-refractivity contribution in [3.05, 3.63) is 59.1 Å². The lowest BCUT2D eigenvalue weighted by molar-refractivity contribution is 0.0699. The summed E-state index contributed by atoms with van der Waals surface area (Å²) in [5.74, 6) is -0.959. The van der Waals surface area contributed by atoms with E-state index in [9.17, 15) is 9.90 Å². The summed E-state index contributed by atoms with van der Waals surface area (Å²) in [6, 6.07) is 14.8. The maximum absolute atomic E-state index is 11.4. The number of carbonyl (C=O) groups is 1. The van der Waals surface area contributed by atoms with Gasteiger partial charge in [-0.1, -0.05) is 48.0 Å². The second-order valence-corrected chi connectivity index (χ2v) is 4.52. The van der Waals surface area contributed by atoms with Gasteiger partial charge in [0.05, 0.1) is 5.56 Å². The highest BCUT2D eigenvalue weighted by atomic mass is 35.5. The summed E-state index contributed by atoms with van der Waals surface area (Å²) in [7, 11) is 0. The van der Waals surface area contributed by atoms with E-state index in [-0.39, 0.29) is 5.56 Å². The zero-order chi connectivity index (χ0) is 12.7. The van der Waals surface area contributed by atoms with Crippen LogP contribution >= 0.6 is 11.6 Å². The lowest BCUT2D eigenvalue weighted by Gasteiger charge is -2.08. The summed E-state index contributed by atoms with van der Waals surface area (Å²) in [4.78, 5) is 11.4. The Labute approximate surface area is 108 Å². The van der Waals surface area contributed by atoms with Crippen LogP contribution in [0.2, 0.25) is 5.02 Å². The topological polar surface area (TPSA) is 37.3 Å². The van der Waals surface area contributed by atoms with Gasteiger partial charge in [0.2, 0.25) is 0 Å². The molecule has 0 radical (unpaired) electrons. The highest BCUT2D eigenvalue weighted by molar-refractivity contribution is 6.38. The molecule has 2 nitrogen and oxygen atoms in total. The van der Waals surface area contributed by atoms with Crippen LogP contribution in [0.3, 0.4) is 0 Å². The SMILES string of the molecule is O=C(O)c1cc2ccccc2c2cccc(Cl)c12. The van der Waals surface area contributed by atoms with E-state index < -0.39 is 5.97 Å². The van der Waals surface area contributed by atoms with Gasteiger partial charge in [-0.2, -0.15) is 0 Å². The van der Waals surface area contributed by atoms with Crippen LogP contribution in [0.4, 0.5) is 0 Å². The molecule has 0 saturated heterocycles. The Bertz CT molecular complexity index is 778. The molecule has 88 valence electrons. The fraction of sp³-hybridized carbons (Fsp3) is 0. The molecule has 3 aromatic carbocycles. The van der Waals surface area contributed by atoms with Crippen LogP contribution in [0.25, 0.3) is 21.5 Å². The third-order valence-electron chi connectivity index (χ3n) is 3.06. The van der Waals surface area contributed by atoms with E-state index in [2.05, 4.69) is 0 Å². The zero-order valence-corrected chi connectivity index (χ0v) is 10.1. The minimum atomic E-state index is -0.959. The molecule has 0 heterocycles. The molecule has 0 bridgehead atoms. The number of hydrogen-bond acceptors (Lipinski definition) is 1. The number of carboxylic acids is 1. The molecular formula is C15H9ClO2.